The van der Waals surface area contributed by atoms with Gasteiger partial charge in [0.1, 0.15) is 5.75 Å². The molecule has 27 heavy (non-hydrogen) atoms. The zero-order valence-electron chi connectivity index (χ0n) is 16.2. The lowest BCUT2D eigenvalue weighted by Gasteiger charge is -2.39. The lowest BCUT2D eigenvalue weighted by molar-refractivity contribution is -0.136. The molecule has 1 heterocycles. The maximum absolute atomic E-state index is 13.1. The molecule has 144 valence electrons. The number of carbonyl (C=O) groups excluding carboxylic acids is 2. The number of benzene rings is 1. The topological polar surface area (TPSA) is 64.6 Å². The van der Waals surface area contributed by atoms with Crippen LogP contribution in [-0.2, 0) is 14.3 Å². The van der Waals surface area contributed by atoms with E-state index in [0.29, 0.717) is 39.6 Å². The highest BCUT2D eigenvalue weighted by atomic mass is 35.5. The zero-order chi connectivity index (χ0) is 19.9. The molecule has 1 aromatic rings. The highest BCUT2D eigenvalue weighted by Crippen LogP contribution is 2.49. The molecule has 5 nitrogen and oxygen atoms in total. The second-order valence-electron chi connectivity index (χ2n) is 7.78. The average Bonchev–Trinajstić information content (AvgIpc) is 2.59. The van der Waals surface area contributed by atoms with Gasteiger partial charge in [-0.05, 0) is 30.4 Å². The van der Waals surface area contributed by atoms with Gasteiger partial charge in [-0.2, -0.15) is 0 Å². The van der Waals surface area contributed by atoms with Gasteiger partial charge in [0, 0.05) is 29.3 Å². The van der Waals surface area contributed by atoms with Gasteiger partial charge in [0.05, 0.1) is 24.8 Å². The van der Waals surface area contributed by atoms with Crippen LogP contribution < -0.4 is 10.1 Å². The van der Waals surface area contributed by atoms with E-state index in [4.69, 9.17) is 21.1 Å². The van der Waals surface area contributed by atoms with E-state index < -0.39 is 11.9 Å². The quantitative estimate of drug-likeness (QED) is 0.787. The predicted molar refractivity (Wildman–Crippen MR) is 104 cm³/mol. The molecule has 1 unspecified atom stereocenters. The van der Waals surface area contributed by atoms with Crippen LogP contribution in [0.15, 0.2) is 40.7 Å². The number of rotatable bonds is 3. The average molecular weight is 390 g/mol. The van der Waals surface area contributed by atoms with Gasteiger partial charge in [-0.3, -0.25) is 4.79 Å². The van der Waals surface area contributed by atoms with Crippen molar-refractivity contribution in [3.8, 4) is 5.75 Å². The first-order valence-corrected chi connectivity index (χ1v) is 9.22. The Morgan fingerprint density at radius 3 is 2.59 bits per heavy atom. The number of allylic oxidation sites excluding steroid dienone is 3. The molecule has 3 rings (SSSR count). The number of ether oxygens (including phenoxy) is 2. The molecule has 1 atom stereocenters. The van der Waals surface area contributed by atoms with Crippen molar-refractivity contribution >= 4 is 23.4 Å². The van der Waals surface area contributed by atoms with Crippen LogP contribution in [0.1, 0.15) is 45.1 Å². The maximum atomic E-state index is 13.1. The van der Waals surface area contributed by atoms with Crippen molar-refractivity contribution in [1.29, 1.82) is 0 Å². The number of Topliss-reactive ketones (excluding diaryl/α,β-unsaturated/α-hetero) is 1. The molecule has 1 aliphatic heterocycles. The van der Waals surface area contributed by atoms with Crippen molar-refractivity contribution < 1.29 is 19.1 Å². The van der Waals surface area contributed by atoms with Gasteiger partial charge in [0.2, 0.25) is 0 Å². The SMILES string of the molecule is COC(=O)C1=C(C)NC2=C(C(=O)CC(C)(C)C2)C1c1cccc(OC)c1Cl. The minimum Gasteiger partial charge on any atom is -0.495 e. The van der Waals surface area contributed by atoms with E-state index in [1.54, 1.807) is 6.07 Å². The Morgan fingerprint density at radius 1 is 1.26 bits per heavy atom. The van der Waals surface area contributed by atoms with Crippen LogP contribution in [0.3, 0.4) is 0 Å². The normalized spacial score (nSPS) is 21.6. The smallest absolute Gasteiger partial charge is 0.336 e. The fraction of sp³-hybridized carbons (Fsp3) is 0.429. The third kappa shape index (κ3) is 3.36. The zero-order valence-corrected chi connectivity index (χ0v) is 17.0. The Hall–Kier alpha value is -2.27. The summed E-state index contributed by atoms with van der Waals surface area (Å²) in [5, 5.41) is 3.67. The van der Waals surface area contributed by atoms with Crippen molar-refractivity contribution in [2.45, 2.75) is 39.5 Å². The third-order valence-corrected chi connectivity index (χ3v) is 5.57. The summed E-state index contributed by atoms with van der Waals surface area (Å²) in [5.41, 5.74) is 3.04. The third-order valence-electron chi connectivity index (χ3n) is 5.17. The van der Waals surface area contributed by atoms with E-state index in [9.17, 15) is 9.59 Å². The second-order valence-corrected chi connectivity index (χ2v) is 8.16. The molecule has 0 saturated carbocycles. The Morgan fingerprint density at radius 2 is 1.96 bits per heavy atom. The molecule has 2 aliphatic rings. The van der Waals surface area contributed by atoms with E-state index in [-0.39, 0.29) is 11.2 Å². The Balaban J connectivity index is 2.26. The monoisotopic (exact) mass is 389 g/mol. The molecule has 1 aliphatic carbocycles. The number of esters is 1. The van der Waals surface area contributed by atoms with Gasteiger partial charge in [-0.1, -0.05) is 37.6 Å². The summed E-state index contributed by atoms with van der Waals surface area (Å²) in [6.45, 7) is 5.96. The fourth-order valence-corrected chi connectivity index (χ4v) is 4.35. The molecule has 0 radical (unpaired) electrons. The van der Waals surface area contributed by atoms with E-state index in [1.807, 2.05) is 19.1 Å². The number of dihydropyridines is 1. The van der Waals surface area contributed by atoms with Crippen molar-refractivity contribution in [2.75, 3.05) is 14.2 Å². The highest BCUT2D eigenvalue weighted by molar-refractivity contribution is 6.33. The summed E-state index contributed by atoms with van der Waals surface area (Å²) in [5.74, 6) is -0.542. The molecule has 6 heteroatoms. The van der Waals surface area contributed by atoms with E-state index >= 15 is 0 Å². The number of halogens is 1. The standard InChI is InChI=1S/C21H24ClNO4/c1-11-16(20(25)27-5)17(12-7-6-8-15(26-4)19(12)22)18-13(23-11)9-21(2,3)10-14(18)24/h6-8,17,23H,9-10H2,1-5H3. The minimum atomic E-state index is -0.583. The van der Waals surface area contributed by atoms with Crippen molar-refractivity contribution in [3.63, 3.8) is 0 Å². The van der Waals surface area contributed by atoms with Gasteiger partial charge in [-0.15, -0.1) is 0 Å². The molecule has 1 aromatic carbocycles. The van der Waals surface area contributed by atoms with Gasteiger partial charge >= 0.3 is 5.97 Å². The Bertz CT molecular complexity index is 882. The summed E-state index contributed by atoms with van der Waals surface area (Å²) in [4.78, 5) is 25.7. The Labute approximate surface area is 164 Å². The minimum absolute atomic E-state index is 0.0199. The molecule has 0 spiro atoms. The number of ketones is 1. The number of hydrogen-bond acceptors (Lipinski definition) is 5. The largest absolute Gasteiger partial charge is 0.495 e. The van der Waals surface area contributed by atoms with Crippen LogP contribution in [0.25, 0.3) is 0 Å². The molecule has 1 N–H and O–H groups in total. The van der Waals surface area contributed by atoms with E-state index in [0.717, 1.165) is 12.1 Å². The van der Waals surface area contributed by atoms with Gasteiger partial charge in [0.15, 0.2) is 5.78 Å². The fourth-order valence-electron chi connectivity index (χ4n) is 4.04. The molecular formula is C21H24ClNO4. The van der Waals surface area contributed by atoms with Crippen LogP contribution in [-0.4, -0.2) is 26.0 Å². The molecular weight excluding hydrogens is 366 g/mol. The van der Waals surface area contributed by atoms with Crippen LogP contribution in [0.5, 0.6) is 5.75 Å². The maximum Gasteiger partial charge on any atom is 0.336 e. The van der Waals surface area contributed by atoms with Gasteiger partial charge in [-0.25, -0.2) is 4.79 Å². The number of nitrogens with one attached hydrogen (secondary N) is 1. The van der Waals surface area contributed by atoms with Gasteiger partial charge < -0.3 is 14.8 Å². The van der Waals surface area contributed by atoms with Crippen molar-refractivity contribution in [2.24, 2.45) is 5.41 Å². The first-order valence-electron chi connectivity index (χ1n) is 8.85. The molecule has 0 amide bonds. The van der Waals surface area contributed by atoms with E-state index in [1.165, 1.54) is 14.2 Å². The molecule has 0 aromatic heterocycles. The first-order chi connectivity index (χ1) is 12.7. The van der Waals surface area contributed by atoms with Crippen LogP contribution >= 0.6 is 11.6 Å². The summed E-state index contributed by atoms with van der Waals surface area (Å²) in [6, 6.07) is 5.39. The number of carbonyl (C=O) groups is 2. The van der Waals surface area contributed by atoms with Crippen molar-refractivity contribution in [1.82, 2.24) is 5.32 Å². The molecule has 0 saturated heterocycles. The van der Waals surface area contributed by atoms with Crippen LogP contribution in [0, 0.1) is 5.41 Å². The second kappa shape index (κ2) is 7.04. The van der Waals surface area contributed by atoms with Crippen LogP contribution in [0.4, 0.5) is 0 Å². The van der Waals surface area contributed by atoms with Crippen molar-refractivity contribution in [3.05, 3.63) is 51.3 Å². The van der Waals surface area contributed by atoms with E-state index in [2.05, 4.69) is 19.2 Å². The summed E-state index contributed by atoms with van der Waals surface area (Å²) < 4.78 is 10.4. The molecule has 0 fully saturated rings. The predicted octanol–water partition coefficient (Wildman–Crippen LogP) is 4.13. The lowest BCUT2D eigenvalue weighted by atomic mass is 9.68. The van der Waals surface area contributed by atoms with Gasteiger partial charge in [0.25, 0.3) is 0 Å². The summed E-state index contributed by atoms with van der Waals surface area (Å²) in [7, 11) is 2.87. The Kier molecular flexibility index (Phi) is 5.08. The molecule has 0 bridgehead atoms. The highest BCUT2D eigenvalue weighted by Gasteiger charge is 2.43. The first kappa shape index (κ1) is 19.5. The number of hydrogen-bond donors (Lipinski definition) is 1. The number of methoxy groups -OCH3 is 2. The lowest BCUT2D eigenvalue weighted by Crippen LogP contribution is -2.38. The summed E-state index contributed by atoms with van der Waals surface area (Å²) in [6.07, 6.45) is 1.14. The van der Waals surface area contributed by atoms with Crippen LogP contribution in [0.2, 0.25) is 5.02 Å². The summed E-state index contributed by atoms with van der Waals surface area (Å²) >= 11 is 6.58.